The number of anilines is 1. The van der Waals surface area contributed by atoms with Gasteiger partial charge in [0.05, 0.1) is 6.04 Å². The first kappa shape index (κ1) is 12.1. The van der Waals surface area contributed by atoms with Crippen molar-refractivity contribution in [2.24, 2.45) is 5.73 Å². The Morgan fingerprint density at radius 2 is 2.00 bits per heavy atom. The molecule has 1 aromatic carbocycles. The molecule has 3 nitrogen and oxygen atoms in total. The highest BCUT2D eigenvalue weighted by Crippen LogP contribution is 2.20. The lowest BCUT2D eigenvalue weighted by Crippen LogP contribution is -2.20. The summed E-state index contributed by atoms with van der Waals surface area (Å²) in [5.74, 6) is 0. The van der Waals surface area contributed by atoms with Crippen LogP contribution < -0.4 is 11.1 Å². The third kappa shape index (κ3) is 3.28. The van der Waals surface area contributed by atoms with E-state index < -0.39 is 0 Å². The van der Waals surface area contributed by atoms with Crippen LogP contribution in [-0.4, -0.2) is 11.5 Å². The maximum Gasteiger partial charge on any atom is 0.0651 e. The molecule has 88 valence electrons. The van der Waals surface area contributed by atoms with E-state index in [1.807, 2.05) is 42.6 Å². The molecule has 2 aromatic rings. The van der Waals surface area contributed by atoms with Crippen LogP contribution in [0.2, 0.25) is 0 Å². The van der Waals surface area contributed by atoms with Crippen molar-refractivity contribution in [3.05, 3.63) is 58.8 Å². The molecule has 0 aliphatic carbocycles. The average Bonchev–Trinajstić information content (AvgIpc) is 2.37. The lowest BCUT2D eigenvalue weighted by molar-refractivity contribution is 0.784. The molecule has 1 atom stereocenters. The zero-order valence-corrected chi connectivity index (χ0v) is 10.9. The zero-order valence-electron chi connectivity index (χ0n) is 9.31. The number of nitrogens with one attached hydrogen (secondary N) is 1. The summed E-state index contributed by atoms with van der Waals surface area (Å²) in [5.41, 5.74) is 7.93. The van der Waals surface area contributed by atoms with Gasteiger partial charge < -0.3 is 11.1 Å². The largest absolute Gasteiger partial charge is 0.377 e. The number of hydrogen-bond donors (Lipinski definition) is 2. The van der Waals surface area contributed by atoms with E-state index in [2.05, 4.69) is 26.2 Å². The van der Waals surface area contributed by atoms with E-state index in [9.17, 15) is 0 Å². The summed E-state index contributed by atoms with van der Waals surface area (Å²) >= 11 is 3.41. The fraction of sp³-hybridized carbons (Fsp3) is 0.154. The number of hydrogen-bond acceptors (Lipinski definition) is 3. The molecule has 0 radical (unpaired) electrons. The molecule has 0 fully saturated rings. The van der Waals surface area contributed by atoms with Crippen LogP contribution in [0.15, 0.2) is 53.3 Å². The number of rotatable bonds is 4. The van der Waals surface area contributed by atoms with Crippen molar-refractivity contribution in [2.45, 2.75) is 6.04 Å². The Kier molecular flexibility index (Phi) is 4.12. The number of pyridine rings is 1. The maximum absolute atomic E-state index is 5.80. The van der Waals surface area contributed by atoms with Crippen molar-refractivity contribution < 1.29 is 0 Å². The second-order valence-electron chi connectivity index (χ2n) is 3.74. The fourth-order valence-corrected chi connectivity index (χ4v) is 2.02. The average molecular weight is 292 g/mol. The SMILES string of the molecule is NCC(Nc1ccccc1)c1cncc(Br)c1. The van der Waals surface area contributed by atoms with Gasteiger partial charge in [-0.3, -0.25) is 4.98 Å². The standard InChI is InChI=1S/C13H14BrN3/c14-11-6-10(8-16-9-11)13(7-15)17-12-4-2-1-3-5-12/h1-6,8-9,13,17H,7,15H2. The summed E-state index contributed by atoms with van der Waals surface area (Å²) in [6, 6.07) is 12.1. The van der Waals surface area contributed by atoms with Gasteiger partial charge in [-0.15, -0.1) is 0 Å². The van der Waals surface area contributed by atoms with Gasteiger partial charge in [-0.25, -0.2) is 0 Å². The molecule has 2 rings (SSSR count). The minimum absolute atomic E-state index is 0.0717. The van der Waals surface area contributed by atoms with E-state index in [0.717, 1.165) is 15.7 Å². The third-order valence-corrected chi connectivity index (χ3v) is 2.91. The first-order valence-electron chi connectivity index (χ1n) is 5.41. The monoisotopic (exact) mass is 291 g/mol. The molecular weight excluding hydrogens is 278 g/mol. The zero-order chi connectivity index (χ0) is 12.1. The highest BCUT2D eigenvalue weighted by Gasteiger charge is 2.09. The fourth-order valence-electron chi connectivity index (χ4n) is 1.63. The Balaban J connectivity index is 2.17. The van der Waals surface area contributed by atoms with Crippen molar-refractivity contribution >= 4 is 21.6 Å². The minimum atomic E-state index is 0.0717. The van der Waals surface area contributed by atoms with Gasteiger partial charge in [0.1, 0.15) is 0 Å². The lowest BCUT2D eigenvalue weighted by Gasteiger charge is -2.18. The molecule has 0 aliphatic rings. The van der Waals surface area contributed by atoms with Gasteiger partial charge in [-0.2, -0.15) is 0 Å². The molecule has 1 heterocycles. The summed E-state index contributed by atoms with van der Waals surface area (Å²) < 4.78 is 0.961. The van der Waals surface area contributed by atoms with Gasteiger partial charge in [0.2, 0.25) is 0 Å². The van der Waals surface area contributed by atoms with Crippen molar-refractivity contribution in [3.63, 3.8) is 0 Å². The van der Waals surface area contributed by atoms with Crippen LogP contribution in [0.25, 0.3) is 0 Å². The van der Waals surface area contributed by atoms with Crippen molar-refractivity contribution in [1.82, 2.24) is 4.98 Å². The molecule has 0 amide bonds. The summed E-state index contributed by atoms with van der Waals surface area (Å²) in [6.45, 7) is 0.521. The van der Waals surface area contributed by atoms with E-state index in [1.165, 1.54) is 0 Å². The topological polar surface area (TPSA) is 50.9 Å². The Morgan fingerprint density at radius 3 is 2.65 bits per heavy atom. The Hall–Kier alpha value is -1.39. The van der Waals surface area contributed by atoms with Crippen LogP contribution in [0.1, 0.15) is 11.6 Å². The van der Waals surface area contributed by atoms with Crippen molar-refractivity contribution in [1.29, 1.82) is 0 Å². The van der Waals surface area contributed by atoms with Crippen LogP contribution in [0.3, 0.4) is 0 Å². The van der Waals surface area contributed by atoms with Crippen molar-refractivity contribution in [2.75, 3.05) is 11.9 Å². The molecule has 1 aromatic heterocycles. The number of halogens is 1. The van der Waals surface area contributed by atoms with E-state index in [4.69, 9.17) is 5.73 Å². The maximum atomic E-state index is 5.80. The van der Waals surface area contributed by atoms with Gasteiger partial charge in [0, 0.05) is 29.1 Å². The lowest BCUT2D eigenvalue weighted by atomic mass is 10.1. The summed E-state index contributed by atoms with van der Waals surface area (Å²) in [4.78, 5) is 4.15. The molecule has 0 bridgehead atoms. The van der Waals surface area contributed by atoms with Gasteiger partial charge in [0.15, 0.2) is 0 Å². The first-order valence-corrected chi connectivity index (χ1v) is 6.21. The second kappa shape index (κ2) is 5.80. The number of benzene rings is 1. The third-order valence-electron chi connectivity index (χ3n) is 2.48. The van der Waals surface area contributed by atoms with E-state index in [0.29, 0.717) is 6.54 Å². The Morgan fingerprint density at radius 1 is 1.24 bits per heavy atom. The van der Waals surface area contributed by atoms with Gasteiger partial charge >= 0.3 is 0 Å². The predicted octanol–water partition coefficient (Wildman–Crippen LogP) is 2.96. The van der Waals surface area contributed by atoms with E-state index >= 15 is 0 Å². The molecule has 17 heavy (non-hydrogen) atoms. The molecule has 0 spiro atoms. The smallest absolute Gasteiger partial charge is 0.0651 e. The molecule has 1 unspecified atom stereocenters. The number of nitrogens with zero attached hydrogens (tertiary/aromatic N) is 1. The van der Waals surface area contributed by atoms with Gasteiger partial charge in [-0.05, 0) is 39.7 Å². The van der Waals surface area contributed by atoms with Crippen molar-refractivity contribution in [3.8, 4) is 0 Å². The number of nitrogens with two attached hydrogens (primary N) is 1. The highest BCUT2D eigenvalue weighted by atomic mass is 79.9. The van der Waals surface area contributed by atoms with Gasteiger partial charge in [0.25, 0.3) is 0 Å². The van der Waals surface area contributed by atoms with Crippen LogP contribution in [0, 0.1) is 0 Å². The van der Waals surface area contributed by atoms with Gasteiger partial charge in [-0.1, -0.05) is 18.2 Å². The normalized spacial score (nSPS) is 12.1. The van der Waals surface area contributed by atoms with E-state index in [-0.39, 0.29) is 6.04 Å². The quantitative estimate of drug-likeness (QED) is 0.911. The van der Waals surface area contributed by atoms with Crippen LogP contribution in [0.4, 0.5) is 5.69 Å². The highest BCUT2D eigenvalue weighted by molar-refractivity contribution is 9.10. The molecule has 4 heteroatoms. The van der Waals surface area contributed by atoms with Crippen LogP contribution in [0.5, 0.6) is 0 Å². The van der Waals surface area contributed by atoms with E-state index in [1.54, 1.807) is 6.20 Å². The number of aromatic nitrogens is 1. The summed E-state index contributed by atoms with van der Waals surface area (Å²) in [5, 5.41) is 3.39. The molecular formula is C13H14BrN3. The summed E-state index contributed by atoms with van der Waals surface area (Å²) in [7, 11) is 0. The molecule has 0 saturated carbocycles. The Bertz CT molecular complexity index is 473. The molecule has 0 aliphatic heterocycles. The molecule has 3 N–H and O–H groups in total. The second-order valence-corrected chi connectivity index (χ2v) is 4.65. The number of para-hydroxylation sites is 1. The Labute approximate surface area is 109 Å². The molecule has 0 saturated heterocycles. The van der Waals surface area contributed by atoms with Crippen LogP contribution in [-0.2, 0) is 0 Å². The van der Waals surface area contributed by atoms with Crippen LogP contribution >= 0.6 is 15.9 Å². The minimum Gasteiger partial charge on any atom is -0.377 e. The first-order chi connectivity index (χ1) is 8.29. The summed E-state index contributed by atoms with van der Waals surface area (Å²) in [6.07, 6.45) is 3.60. The predicted molar refractivity (Wildman–Crippen MR) is 73.8 cm³/mol.